The number of carbonyl (C=O) groups excluding carboxylic acids is 1. The molecule has 90 valence electrons. The monoisotopic (exact) mass is 223 g/mol. The molecule has 0 aliphatic rings. The molecular weight excluding hydrogens is 202 g/mol. The number of H-pyrrole nitrogens is 1. The lowest BCUT2D eigenvalue weighted by molar-refractivity contribution is 0.0952. The van der Waals surface area contributed by atoms with Crippen LogP contribution in [-0.2, 0) is 0 Å². The van der Waals surface area contributed by atoms with Gasteiger partial charge in [0, 0.05) is 12.2 Å². The van der Waals surface area contributed by atoms with E-state index in [9.17, 15) is 4.79 Å². The van der Waals surface area contributed by atoms with Gasteiger partial charge in [0.05, 0.1) is 11.8 Å². The second-order valence-electron chi connectivity index (χ2n) is 4.08. The van der Waals surface area contributed by atoms with Crippen LogP contribution in [0.4, 0.5) is 0 Å². The van der Waals surface area contributed by atoms with Crippen LogP contribution >= 0.6 is 0 Å². The van der Waals surface area contributed by atoms with Crippen molar-refractivity contribution in [1.29, 1.82) is 0 Å². The van der Waals surface area contributed by atoms with Crippen LogP contribution in [0, 0.1) is 6.92 Å². The molecule has 0 aliphatic heterocycles. The topological polar surface area (TPSA) is 57.8 Å². The standard InChI is InChI=1S/C12H21N3O/c1-3-4-5-6-7-8-13-12(16)11-9-14-15-10(11)2/h9H,3-8H2,1-2H3,(H,13,16)(H,14,15). The fraction of sp³-hybridized carbons (Fsp3) is 0.667. The molecule has 1 heterocycles. The van der Waals surface area contributed by atoms with Gasteiger partial charge in [0.15, 0.2) is 0 Å². The molecule has 0 fully saturated rings. The summed E-state index contributed by atoms with van der Waals surface area (Å²) in [5.41, 5.74) is 1.47. The number of nitrogens with zero attached hydrogens (tertiary/aromatic N) is 1. The summed E-state index contributed by atoms with van der Waals surface area (Å²) in [6.07, 6.45) is 7.62. The van der Waals surface area contributed by atoms with Crippen LogP contribution in [0.25, 0.3) is 0 Å². The van der Waals surface area contributed by atoms with Gasteiger partial charge in [-0.2, -0.15) is 5.10 Å². The van der Waals surface area contributed by atoms with Gasteiger partial charge < -0.3 is 5.32 Å². The van der Waals surface area contributed by atoms with Gasteiger partial charge in [-0.25, -0.2) is 0 Å². The van der Waals surface area contributed by atoms with E-state index in [4.69, 9.17) is 0 Å². The summed E-state index contributed by atoms with van der Waals surface area (Å²) < 4.78 is 0. The maximum atomic E-state index is 11.6. The minimum atomic E-state index is -0.0262. The van der Waals surface area contributed by atoms with Crippen LogP contribution in [-0.4, -0.2) is 22.6 Å². The second kappa shape index (κ2) is 7.04. The fourth-order valence-corrected chi connectivity index (χ4v) is 1.61. The number of aromatic amines is 1. The van der Waals surface area contributed by atoms with E-state index in [-0.39, 0.29) is 5.91 Å². The molecule has 0 aromatic carbocycles. The number of aromatic nitrogens is 2. The van der Waals surface area contributed by atoms with E-state index in [0.29, 0.717) is 5.56 Å². The Morgan fingerprint density at radius 2 is 2.12 bits per heavy atom. The van der Waals surface area contributed by atoms with Crippen LogP contribution < -0.4 is 5.32 Å². The molecule has 0 saturated carbocycles. The summed E-state index contributed by atoms with van der Waals surface area (Å²) in [4.78, 5) is 11.6. The van der Waals surface area contributed by atoms with Gasteiger partial charge in [-0.1, -0.05) is 32.6 Å². The van der Waals surface area contributed by atoms with Crippen molar-refractivity contribution >= 4 is 5.91 Å². The zero-order chi connectivity index (χ0) is 11.8. The number of aryl methyl sites for hydroxylation is 1. The van der Waals surface area contributed by atoms with E-state index >= 15 is 0 Å². The zero-order valence-electron chi connectivity index (χ0n) is 10.2. The van der Waals surface area contributed by atoms with E-state index in [0.717, 1.165) is 18.7 Å². The molecule has 4 heteroatoms. The number of hydrogen-bond acceptors (Lipinski definition) is 2. The van der Waals surface area contributed by atoms with Gasteiger partial charge >= 0.3 is 0 Å². The lowest BCUT2D eigenvalue weighted by Crippen LogP contribution is -2.24. The minimum absolute atomic E-state index is 0.0262. The maximum Gasteiger partial charge on any atom is 0.254 e. The lowest BCUT2D eigenvalue weighted by atomic mass is 10.1. The molecule has 0 aliphatic carbocycles. The van der Waals surface area contributed by atoms with Gasteiger partial charge in [-0.05, 0) is 13.3 Å². The Kier molecular flexibility index (Phi) is 5.61. The summed E-state index contributed by atoms with van der Waals surface area (Å²) >= 11 is 0. The molecule has 0 spiro atoms. The van der Waals surface area contributed by atoms with Crippen LogP contribution in [0.1, 0.15) is 55.1 Å². The molecule has 4 nitrogen and oxygen atoms in total. The molecular formula is C12H21N3O. The van der Waals surface area contributed by atoms with Gasteiger partial charge in [0.25, 0.3) is 5.91 Å². The first kappa shape index (κ1) is 12.7. The summed E-state index contributed by atoms with van der Waals surface area (Å²) in [7, 11) is 0. The average Bonchev–Trinajstić information content (AvgIpc) is 2.69. The predicted octanol–water partition coefficient (Wildman–Crippen LogP) is 2.42. The Labute approximate surface area is 96.8 Å². The molecule has 0 atom stereocenters. The third-order valence-corrected chi connectivity index (χ3v) is 2.64. The van der Waals surface area contributed by atoms with E-state index in [1.165, 1.54) is 25.7 Å². The van der Waals surface area contributed by atoms with E-state index < -0.39 is 0 Å². The Bertz CT molecular complexity index is 320. The zero-order valence-corrected chi connectivity index (χ0v) is 10.2. The molecule has 1 aromatic rings. The Hall–Kier alpha value is -1.32. The van der Waals surface area contributed by atoms with E-state index in [1.54, 1.807) is 6.20 Å². The molecule has 16 heavy (non-hydrogen) atoms. The first-order valence-electron chi connectivity index (χ1n) is 6.04. The molecule has 0 saturated heterocycles. The van der Waals surface area contributed by atoms with Crippen molar-refractivity contribution in [3.05, 3.63) is 17.5 Å². The number of unbranched alkanes of at least 4 members (excludes halogenated alkanes) is 4. The van der Waals surface area contributed by atoms with Gasteiger partial charge in [-0.15, -0.1) is 0 Å². The van der Waals surface area contributed by atoms with Crippen molar-refractivity contribution in [3.63, 3.8) is 0 Å². The molecule has 0 radical (unpaired) electrons. The minimum Gasteiger partial charge on any atom is -0.352 e. The molecule has 0 unspecified atom stereocenters. The van der Waals surface area contributed by atoms with Gasteiger partial charge in [-0.3, -0.25) is 9.89 Å². The summed E-state index contributed by atoms with van der Waals surface area (Å²) in [6.45, 7) is 4.81. The van der Waals surface area contributed by atoms with E-state index in [1.807, 2.05) is 6.92 Å². The smallest absolute Gasteiger partial charge is 0.254 e. The van der Waals surface area contributed by atoms with Crippen molar-refractivity contribution < 1.29 is 4.79 Å². The highest BCUT2D eigenvalue weighted by Gasteiger charge is 2.09. The van der Waals surface area contributed by atoms with Crippen molar-refractivity contribution in [2.24, 2.45) is 0 Å². The van der Waals surface area contributed by atoms with Crippen LogP contribution in [0.2, 0.25) is 0 Å². The Balaban J connectivity index is 2.14. The first-order valence-corrected chi connectivity index (χ1v) is 6.04. The fourth-order valence-electron chi connectivity index (χ4n) is 1.61. The van der Waals surface area contributed by atoms with E-state index in [2.05, 4.69) is 22.4 Å². The number of amides is 1. The van der Waals surface area contributed by atoms with Crippen molar-refractivity contribution in [2.45, 2.75) is 46.0 Å². The quantitative estimate of drug-likeness (QED) is 0.697. The van der Waals surface area contributed by atoms with Crippen LogP contribution in [0.15, 0.2) is 6.20 Å². The predicted molar refractivity (Wildman–Crippen MR) is 64.4 cm³/mol. The summed E-state index contributed by atoms with van der Waals surface area (Å²) in [5.74, 6) is -0.0262. The highest BCUT2D eigenvalue weighted by Crippen LogP contribution is 2.03. The van der Waals surface area contributed by atoms with Gasteiger partial charge in [0.2, 0.25) is 0 Å². The highest BCUT2D eigenvalue weighted by atomic mass is 16.1. The third-order valence-electron chi connectivity index (χ3n) is 2.64. The molecule has 0 bridgehead atoms. The number of nitrogens with one attached hydrogen (secondary N) is 2. The van der Waals surface area contributed by atoms with Crippen molar-refractivity contribution in [3.8, 4) is 0 Å². The normalized spacial score (nSPS) is 10.4. The first-order chi connectivity index (χ1) is 7.75. The number of rotatable bonds is 7. The van der Waals surface area contributed by atoms with Crippen LogP contribution in [0.5, 0.6) is 0 Å². The van der Waals surface area contributed by atoms with Crippen LogP contribution in [0.3, 0.4) is 0 Å². The summed E-state index contributed by atoms with van der Waals surface area (Å²) in [6, 6.07) is 0. The largest absolute Gasteiger partial charge is 0.352 e. The highest BCUT2D eigenvalue weighted by molar-refractivity contribution is 5.94. The average molecular weight is 223 g/mol. The number of hydrogen-bond donors (Lipinski definition) is 2. The third kappa shape index (κ3) is 4.04. The molecule has 2 N–H and O–H groups in total. The van der Waals surface area contributed by atoms with Gasteiger partial charge in [0.1, 0.15) is 0 Å². The Morgan fingerprint density at radius 1 is 1.38 bits per heavy atom. The molecule has 1 aromatic heterocycles. The van der Waals surface area contributed by atoms with Crippen molar-refractivity contribution in [1.82, 2.24) is 15.5 Å². The maximum absolute atomic E-state index is 11.6. The molecule has 1 rings (SSSR count). The van der Waals surface area contributed by atoms with Crippen molar-refractivity contribution in [2.75, 3.05) is 6.54 Å². The lowest BCUT2D eigenvalue weighted by Gasteiger charge is -2.03. The number of carbonyl (C=O) groups is 1. The molecule has 1 amide bonds. The summed E-state index contributed by atoms with van der Waals surface area (Å²) in [5, 5.41) is 9.49. The SMILES string of the molecule is CCCCCCCNC(=O)c1cn[nH]c1C. The second-order valence-corrected chi connectivity index (χ2v) is 4.08. The Morgan fingerprint density at radius 3 is 2.75 bits per heavy atom.